The van der Waals surface area contributed by atoms with Crippen LogP contribution in [-0.4, -0.2) is 36.7 Å². The third-order valence-electron chi connectivity index (χ3n) is 5.48. The first-order valence-electron chi connectivity index (χ1n) is 7.94. The van der Waals surface area contributed by atoms with Crippen molar-refractivity contribution < 1.29 is 4.74 Å². The van der Waals surface area contributed by atoms with E-state index in [2.05, 4.69) is 51.8 Å². The van der Waals surface area contributed by atoms with E-state index in [-0.39, 0.29) is 0 Å². The first-order valence-corrected chi connectivity index (χ1v) is 9.02. The van der Waals surface area contributed by atoms with Crippen LogP contribution in [0.4, 0.5) is 0 Å². The minimum absolute atomic E-state index is 0.490. The van der Waals surface area contributed by atoms with Crippen LogP contribution in [0.2, 0.25) is 0 Å². The Bertz CT molecular complexity index is 466. The fourth-order valence-electron chi connectivity index (χ4n) is 4.52. The number of hydrogen-bond donors (Lipinski definition) is 0. The zero-order valence-electron chi connectivity index (χ0n) is 11.8. The zero-order chi connectivity index (χ0) is 13.5. The minimum atomic E-state index is 0.490. The van der Waals surface area contributed by atoms with E-state index in [0.717, 1.165) is 12.5 Å². The van der Waals surface area contributed by atoms with Crippen molar-refractivity contribution in [1.82, 2.24) is 4.90 Å². The van der Waals surface area contributed by atoms with Crippen molar-refractivity contribution in [3.63, 3.8) is 0 Å². The van der Waals surface area contributed by atoms with Gasteiger partial charge in [-0.25, -0.2) is 0 Å². The first kappa shape index (κ1) is 13.5. The molecule has 0 saturated carbocycles. The molecule has 108 valence electrons. The molecule has 0 amide bonds. The molecule has 5 rings (SSSR count). The van der Waals surface area contributed by atoms with E-state index in [9.17, 15) is 0 Å². The van der Waals surface area contributed by atoms with Gasteiger partial charge in [-0.15, -0.1) is 0 Å². The molecule has 1 aromatic rings. The summed E-state index contributed by atoms with van der Waals surface area (Å²) in [4.78, 5) is 2.72. The lowest BCUT2D eigenvalue weighted by Crippen LogP contribution is -2.60. The molecule has 2 bridgehead atoms. The highest BCUT2D eigenvalue weighted by Crippen LogP contribution is 2.43. The summed E-state index contributed by atoms with van der Waals surface area (Å²) in [7, 11) is 0. The van der Waals surface area contributed by atoms with Crippen molar-refractivity contribution in [3.8, 4) is 0 Å². The van der Waals surface area contributed by atoms with Gasteiger partial charge in [0.2, 0.25) is 0 Å². The van der Waals surface area contributed by atoms with Gasteiger partial charge in [0.1, 0.15) is 0 Å². The lowest BCUT2D eigenvalue weighted by atomic mass is 9.73. The van der Waals surface area contributed by atoms with Gasteiger partial charge in [-0.2, -0.15) is 0 Å². The number of ether oxygens (including phenoxy) is 1. The summed E-state index contributed by atoms with van der Waals surface area (Å²) in [5.41, 5.74) is 1.53. The fourth-order valence-corrected chi connectivity index (χ4v) is 4.88. The maximum Gasteiger partial charge on any atom is 0.0765 e. The summed E-state index contributed by atoms with van der Waals surface area (Å²) >= 11 is 2.40. The summed E-state index contributed by atoms with van der Waals surface area (Å²) < 4.78 is 7.60. The molecule has 4 heterocycles. The monoisotopic (exact) mass is 383 g/mol. The molecule has 4 aliphatic heterocycles. The number of rotatable bonds is 1. The van der Waals surface area contributed by atoms with Crippen molar-refractivity contribution in [1.29, 1.82) is 0 Å². The molecule has 20 heavy (non-hydrogen) atoms. The third kappa shape index (κ3) is 2.32. The molecule has 0 aromatic heterocycles. The van der Waals surface area contributed by atoms with E-state index < -0.39 is 0 Å². The Morgan fingerprint density at radius 3 is 2.55 bits per heavy atom. The Hall–Kier alpha value is -0.130. The summed E-state index contributed by atoms with van der Waals surface area (Å²) in [5.74, 6) is 1.48. The fraction of sp³-hybridized carbons (Fsp3) is 0.647. The molecule has 0 N–H and O–H groups in total. The van der Waals surface area contributed by atoms with Gasteiger partial charge in [-0.3, -0.25) is 4.90 Å². The topological polar surface area (TPSA) is 12.5 Å². The molecule has 4 aliphatic rings. The summed E-state index contributed by atoms with van der Waals surface area (Å²) in [5, 5.41) is 0. The van der Waals surface area contributed by atoms with Gasteiger partial charge in [0, 0.05) is 22.1 Å². The molecule has 3 heteroatoms. The second-order valence-corrected chi connectivity index (χ2v) is 7.75. The maximum absolute atomic E-state index is 6.27. The Labute approximate surface area is 135 Å². The lowest BCUT2D eigenvalue weighted by Gasteiger charge is -2.52. The van der Waals surface area contributed by atoms with Gasteiger partial charge in [0.15, 0.2) is 0 Å². The van der Waals surface area contributed by atoms with Crippen LogP contribution in [0.25, 0.3) is 0 Å². The van der Waals surface area contributed by atoms with Crippen molar-refractivity contribution in [2.75, 3.05) is 19.7 Å². The third-order valence-corrected chi connectivity index (χ3v) is 6.20. The predicted octanol–water partition coefficient (Wildman–Crippen LogP) is 3.65. The quantitative estimate of drug-likeness (QED) is 0.687. The molecule has 3 atom stereocenters. The number of halogens is 1. The van der Waals surface area contributed by atoms with Crippen LogP contribution in [-0.2, 0) is 4.74 Å². The van der Waals surface area contributed by atoms with Crippen molar-refractivity contribution >= 4 is 22.6 Å². The van der Waals surface area contributed by atoms with Crippen molar-refractivity contribution in [3.05, 3.63) is 33.4 Å². The van der Waals surface area contributed by atoms with Gasteiger partial charge < -0.3 is 4.74 Å². The Kier molecular flexibility index (Phi) is 3.77. The Balaban J connectivity index is 1.68. The number of piperidine rings is 3. The van der Waals surface area contributed by atoms with Gasteiger partial charge >= 0.3 is 0 Å². The van der Waals surface area contributed by atoms with Gasteiger partial charge in [-0.05, 0) is 85.0 Å². The maximum atomic E-state index is 6.27. The van der Waals surface area contributed by atoms with E-state index in [4.69, 9.17) is 4.74 Å². The number of hydrogen-bond acceptors (Lipinski definition) is 2. The second-order valence-electron chi connectivity index (χ2n) is 6.50. The van der Waals surface area contributed by atoms with Crippen LogP contribution in [0.5, 0.6) is 0 Å². The van der Waals surface area contributed by atoms with E-state index in [1.54, 1.807) is 0 Å². The van der Waals surface area contributed by atoms with Crippen LogP contribution in [0, 0.1) is 9.49 Å². The second kappa shape index (κ2) is 5.58. The van der Waals surface area contributed by atoms with Crippen LogP contribution in [0.1, 0.15) is 37.2 Å². The molecule has 2 nitrogen and oxygen atoms in total. The van der Waals surface area contributed by atoms with Crippen LogP contribution < -0.4 is 0 Å². The van der Waals surface area contributed by atoms with E-state index in [1.807, 2.05) is 0 Å². The van der Waals surface area contributed by atoms with Crippen molar-refractivity contribution in [2.24, 2.45) is 5.92 Å². The Morgan fingerprint density at radius 1 is 1.05 bits per heavy atom. The summed E-state index contributed by atoms with van der Waals surface area (Å²) in [6.07, 6.45) is 5.68. The Morgan fingerprint density at radius 2 is 1.80 bits per heavy atom. The predicted molar refractivity (Wildman–Crippen MR) is 89.0 cm³/mol. The normalized spacial score (nSPS) is 40.1. The molecular formula is C17H22INO. The highest BCUT2D eigenvalue weighted by atomic mass is 127. The molecule has 0 spiro atoms. The number of benzene rings is 1. The minimum Gasteiger partial charge on any atom is -0.376 e. The SMILES string of the molecule is Ic1ccc(C2CCCOC3C4CCN(CC4)C23)cc1. The van der Waals surface area contributed by atoms with Gasteiger partial charge in [0.25, 0.3) is 0 Å². The van der Waals surface area contributed by atoms with E-state index >= 15 is 0 Å². The summed E-state index contributed by atoms with van der Waals surface area (Å²) in [6.45, 7) is 3.54. The highest BCUT2D eigenvalue weighted by Gasteiger charge is 2.47. The molecular weight excluding hydrogens is 361 g/mol. The number of fused-ring (bicyclic) bond motifs is 2. The molecule has 0 radical (unpaired) electrons. The molecule has 4 saturated heterocycles. The number of nitrogens with zero attached hydrogens (tertiary/aromatic N) is 1. The average molecular weight is 383 g/mol. The zero-order valence-corrected chi connectivity index (χ0v) is 14.0. The van der Waals surface area contributed by atoms with Gasteiger partial charge in [-0.1, -0.05) is 12.1 Å². The van der Waals surface area contributed by atoms with Crippen LogP contribution >= 0.6 is 22.6 Å². The first-order chi connectivity index (χ1) is 9.83. The van der Waals surface area contributed by atoms with E-state index in [1.165, 1.54) is 47.9 Å². The molecule has 3 unspecified atom stereocenters. The highest BCUT2D eigenvalue weighted by molar-refractivity contribution is 14.1. The largest absolute Gasteiger partial charge is 0.376 e. The molecule has 0 aliphatic carbocycles. The molecule has 1 aromatic carbocycles. The van der Waals surface area contributed by atoms with Crippen LogP contribution in [0.15, 0.2) is 24.3 Å². The van der Waals surface area contributed by atoms with Gasteiger partial charge in [0.05, 0.1) is 6.10 Å². The summed E-state index contributed by atoms with van der Waals surface area (Å²) in [6, 6.07) is 9.83. The smallest absolute Gasteiger partial charge is 0.0765 e. The van der Waals surface area contributed by atoms with E-state index in [0.29, 0.717) is 18.1 Å². The average Bonchev–Trinajstić information content (AvgIpc) is 2.73. The standard InChI is InChI=1S/C17H22INO/c18-14-5-3-12(4-6-14)15-2-1-11-20-17-13-7-9-19(10-8-13)16(15)17/h3-6,13,15-17H,1-2,7-11H2. The lowest BCUT2D eigenvalue weighted by molar-refractivity contribution is -0.106. The van der Waals surface area contributed by atoms with Crippen molar-refractivity contribution in [2.45, 2.75) is 43.7 Å². The van der Waals surface area contributed by atoms with Crippen LogP contribution in [0.3, 0.4) is 0 Å². The molecule has 4 fully saturated rings.